The van der Waals surface area contributed by atoms with Gasteiger partial charge in [0.1, 0.15) is 0 Å². The van der Waals surface area contributed by atoms with Crippen LogP contribution in [0.2, 0.25) is 0 Å². The Bertz CT molecular complexity index is 658. The number of likely N-dealkylation sites (tertiary alicyclic amines) is 1. The first-order valence-electron chi connectivity index (χ1n) is 8.74. The third kappa shape index (κ3) is 4.15. The highest BCUT2D eigenvalue weighted by Crippen LogP contribution is 2.36. The van der Waals surface area contributed by atoms with E-state index in [1.54, 1.807) is 4.90 Å². The highest BCUT2D eigenvalue weighted by Gasteiger charge is 2.33. The fourth-order valence-corrected chi connectivity index (χ4v) is 3.85. The minimum Gasteiger partial charge on any atom is -0.452 e. The predicted molar refractivity (Wildman–Crippen MR) is 90.0 cm³/mol. The second kappa shape index (κ2) is 7.63. The fourth-order valence-electron chi connectivity index (χ4n) is 3.85. The van der Waals surface area contributed by atoms with E-state index in [0.29, 0.717) is 5.92 Å². The molecule has 1 aliphatic heterocycles. The van der Waals surface area contributed by atoms with Crippen LogP contribution in [0.25, 0.3) is 0 Å². The standard InChI is InChI=1S/C18H22N2O5/c21-17(19-10-9-13-3-1-2-4-15(13)11-19)12-25-18(22)14-5-7-16(8-6-14)20(23)24/h5-8,13,15H,1-4,9-12H2/t13-,15-/m0/s1. The number of nitro benzene ring substituents is 1. The summed E-state index contributed by atoms with van der Waals surface area (Å²) in [6.45, 7) is 1.21. The monoisotopic (exact) mass is 346 g/mol. The summed E-state index contributed by atoms with van der Waals surface area (Å²) >= 11 is 0. The molecule has 1 aliphatic carbocycles. The summed E-state index contributed by atoms with van der Waals surface area (Å²) in [6, 6.07) is 5.15. The minimum absolute atomic E-state index is 0.0945. The van der Waals surface area contributed by atoms with Gasteiger partial charge < -0.3 is 9.64 Å². The van der Waals surface area contributed by atoms with Gasteiger partial charge in [0.2, 0.25) is 0 Å². The van der Waals surface area contributed by atoms with Gasteiger partial charge in [-0.25, -0.2) is 4.79 Å². The molecule has 2 fully saturated rings. The molecule has 1 aromatic rings. The molecule has 25 heavy (non-hydrogen) atoms. The highest BCUT2D eigenvalue weighted by molar-refractivity contribution is 5.91. The second-order valence-corrected chi connectivity index (χ2v) is 6.81. The summed E-state index contributed by atoms with van der Waals surface area (Å²) < 4.78 is 5.08. The maximum atomic E-state index is 12.3. The number of fused-ring (bicyclic) bond motifs is 1. The quantitative estimate of drug-likeness (QED) is 0.475. The van der Waals surface area contributed by atoms with Gasteiger partial charge in [-0.1, -0.05) is 19.3 Å². The van der Waals surface area contributed by atoms with Crippen LogP contribution in [0.15, 0.2) is 24.3 Å². The number of hydrogen-bond donors (Lipinski definition) is 0. The molecule has 0 radical (unpaired) electrons. The number of piperidine rings is 1. The van der Waals surface area contributed by atoms with Crippen molar-refractivity contribution in [3.05, 3.63) is 39.9 Å². The van der Waals surface area contributed by atoms with E-state index >= 15 is 0 Å². The average molecular weight is 346 g/mol. The normalized spacial score (nSPS) is 22.8. The zero-order valence-corrected chi connectivity index (χ0v) is 14.1. The van der Waals surface area contributed by atoms with Crippen molar-refractivity contribution in [1.82, 2.24) is 4.90 Å². The van der Waals surface area contributed by atoms with Gasteiger partial charge in [0.05, 0.1) is 10.5 Å². The van der Waals surface area contributed by atoms with Gasteiger partial charge in [-0.3, -0.25) is 14.9 Å². The summed E-state index contributed by atoms with van der Waals surface area (Å²) in [5, 5.41) is 10.6. The molecule has 2 atom stereocenters. The lowest BCUT2D eigenvalue weighted by molar-refractivity contribution is -0.384. The number of benzene rings is 1. The fraction of sp³-hybridized carbons (Fsp3) is 0.556. The van der Waals surface area contributed by atoms with Crippen molar-refractivity contribution in [1.29, 1.82) is 0 Å². The molecule has 1 saturated carbocycles. The zero-order valence-electron chi connectivity index (χ0n) is 14.1. The van der Waals surface area contributed by atoms with E-state index in [1.807, 2.05) is 0 Å². The number of amides is 1. The Morgan fingerprint density at radius 3 is 2.48 bits per heavy atom. The van der Waals surface area contributed by atoms with Gasteiger partial charge in [-0.15, -0.1) is 0 Å². The molecule has 1 heterocycles. The summed E-state index contributed by atoms with van der Waals surface area (Å²) in [5.41, 5.74) is 0.104. The highest BCUT2D eigenvalue weighted by atomic mass is 16.6. The molecule has 7 nitrogen and oxygen atoms in total. The Morgan fingerprint density at radius 1 is 1.12 bits per heavy atom. The Hall–Kier alpha value is -2.44. The summed E-state index contributed by atoms with van der Waals surface area (Å²) in [7, 11) is 0. The molecule has 2 aliphatic rings. The summed E-state index contributed by atoms with van der Waals surface area (Å²) in [5.74, 6) is 0.507. The molecule has 0 bridgehead atoms. The van der Waals surface area contributed by atoms with Crippen LogP contribution >= 0.6 is 0 Å². The lowest BCUT2D eigenvalue weighted by atomic mass is 9.75. The number of nitro groups is 1. The third-order valence-electron chi connectivity index (χ3n) is 5.28. The molecule has 0 spiro atoms. The van der Waals surface area contributed by atoms with E-state index in [0.717, 1.165) is 25.4 Å². The molecule has 1 aromatic carbocycles. The van der Waals surface area contributed by atoms with Crippen LogP contribution in [-0.4, -0.2) is 41.4 Å². The summed E-state index contributed by atoms with van der Waals surface area (Å²) in [6.07, 6.45) is 6.01. The Labute approximate surface area is 146 Å². The zero-order chi connectivity index (χ0) is 17.8. The van der Waals surface area contributed by atoms with Gasteiger partial charge in [-0.05, 0) is 36.8 Å². The van der Waals surface area contributed by atoms with E-state index in [-0.39, 0.29) is 23.8 Å². The van der Waals surface area contributed by atoms with E-state index in [4.69, 9.17) is 4.74 Å². The number of esters is 1. The van der Waals surface area contributed by atoms with E-state index < -0.39 is 10.9 Å². The molecule has 134 valence electrons. The topological polar surface area (TPSA) is 89.8 Å². The molecule has 7 heteroatoms. The first-order chi connectivity index (χ1) is 12.0. The Balaban J connectivity index is 1.50. The smallest absolute Gasteiger partial charge is 0.338 e. The third-order valence-corrected chi connectivity index (χ3v) is 5.28. The van der Waals surface area contributed by atoms with Crippen LogP contribution in [0.5, 0.6) is 0 Å². The van der Waals surface area contributed by atoms with E-state index in [1.165, 1.54) is 49.9 Å². The maximum Gasteiger partial charge on any atom is 0.338 e. The predicted octanol–water partition coefficient (Wildman–Crippen LogP) is 2.79. The Morgan fingerprint density at radius 2 is 1.80 bits per heavy atom. The first kappa shape index (κ1) is 17.4. The van der Waals surface area contributed by atoms with Gasteiger partial charge in [-0.2, -0.15) is 0 Å². The molecule has 1 saturated heterocycles. The van der Waals surface area contributed by atoms with Crippen molar-refractivity contribution in [2.24, 2.45) is 11.8 Å². The molecule has 1 amide bonds. The van der Waals surface area contributed by atoms with Crippen molar-refractivity contribution >= 4 is 17.6 Å². The minimum atomic E-state index is -0.643. The van der Waals surface area contributed by atoms with Gasteiger partial charge >= 0.3 is 5.97 Å². The number of hydrogen-bond acceptors (Lipinski definition) is 5. The van der Waals surface area contributed by atoms with Crippen molar-refractivity contribution in [3.8, 4) is 0 Å². The van der Waals surface area contributed by atoms with Crippen molar-refractivity contribution < 1.29 is 19.2 Å². The van der Waals surface area contributed by atoms with Gasteiger partial charge in [0, 0.05) is 25.2 Å². The average Bonchev–Trinajstić information content (AvgIpc) is 2.65. The van der Waals surface area contributed by atoms with Crippen LogP contribution in [0.1, 0.15) is 42.5 Å². The number of carbonyl (C=O) groups is 2. The molecule has 3 rings (SSSR count). The number of nitrogens with zero attached hydrogens (tertiary/aromatic N) is 2. The molecular formula is C18H22N2O5. The van der Waals surface area contributed by atoms with Crippen molar-refractivity contribution in [2.45, 2.75) is 32.1 Å². The lowest BCUT2D eigenvalue weighted by Gasteiger charge is -2.41. The molecule has 0 N–H and O–H groups in total. The van der Waals surface area contributed by atoms with Crippen LogP contribution in [-0.2, 0) is 9.53 Å². The van der Waals surface area contributed by atoms with Crippen molar-refractivity contribution in [3.63, 3.8) is 0 Å². The molecule has 0 aromatic heterocycles. The Kier molecular flexibility index (Phi) is 5.31. The van der Waals surface area contributed by atoms with Crippen molar-refractivity contribution in [2.75, 3.05) is 19.7 Å². The summed E-state index contributed by atoms with van der Waals surface area (Å²) in [4.78, 5) is 36.2. The maximum absolute atomic E-state index is 12.3. The SMILES string of the molecule is O=C(OCC(=O)N1CC[C@@H]2CCCC[C@H]2C1)c1ccc([N+](=O)[O-])cc1. The number of rotatable bonds is 4. The second-order valence-electron chi connectivity index (χ2n) is 6.81. The lowest BCUT2D eigenvalue weighted by Crippen LogP contribution is -2.46. The van der Waals surface area contributed by atoms with E-state index in [2.05, 4.69) is 0 Å². The van der Waals surface area contributed by atoms with Crippen LogP contribution < -0.4 is 0 Å². The first-order valence-corrected chi connectivity index (χ1v) is 8.74. The van der Waals surface area contributed by atoms with Crippen LogP contribution in [0.3, 0.4) is 0 Å². The van der Waals surface area contributed by atoms with Gasteiger partial charge in [0.25, 0.3) is 11.6 Å². The van der Waals surface area contributed by atoms with Crippen LogP contribution in [0, 0.1) is 22.0 Å². The molecular weight excluding hydrogens is 324 g/mol. The van der Waals surface area contributed by atoms with E-state index in [9.17, 15) is 19.7 Å². The van der Waals surface area contributed by atoms with Gasteiger partial charge in [0.15, 0.2) is 6.61 Å². The van der Waals surface area contributed by atoms with Crippen LogP contribution in [0.4, 0.5) is 5.69 Å². The number of carbonyl (C=O) groups excluding carboxylic acids is 2. The number of non-ortho nitro benzene ring substituents is 1. The number of ether oxygens (including phenoxy) is 1. The largest absolute Gasteiger partial charge is 0.452 e. The molecule has 0 unspecified atom stereocenters.